The Morgan fingerprint density at radius 1 is 0.385 bits per heavy atom. The summed E-state index contributed by atoms with van der Waals surface area (Å²) in [6.45, 7) is 18.2. The average Bonchev–Trinajstić information content (AvgIpc) is 0.847. The van der Waals surface area contributed by atoms with Crippen molar-refractivity contribution >= 4 is 180 Å². The minimum atomic E-state index is -0.968. The zero-order valence-electron chi connectivity index (χ0n) is 76.3. The van der Waals surface area contributed by atoms with Crippen molar-refractivity contribution in [3.8, 4) is 0 Å². The number of methoxy groups -OCH3 is 3. The second kappa shape index (κ2) is 65.8. The summed E-state index contributed by atoms with van der Waals surface area (Å²) >= 11 is 16.7. The van der Waals surface area contributed by atoms with E-state index in [-0.39, 0.29) is 144 Å². The molecule has 9 aromatic carbocycles. The number of carboxylic acid groups (broad SMARTS) is 1. The number of nitrogens with two attached hydrogens (primary N) is 2. The number of nitrogens with zero attached hydrogens (tertiary/aromatic N) is 11. The number of anilines is 16. The Morgan fingerprint density at radius 2 is 0.652 bits per heavy atom. The van der Waals surface area contributed by atoms with Crippen LogP contribution in [-0.2, 0) is 23.9 Å². The number of esters is 3. The second-order valence-corrected chi connectivity index (χ2v) is 28.1. The number of allylic oxidation sites excluding steroid dienone is 1. The third-order valence-corrected chi connectivity index (χ3v) is 17.3. The van der Waals surface area contributed by atoms with E-state index in [2.05, 4.69) is 107 Å². The van der Waals surface area contributed by atoms with Crippen LogP contribution in [-0.4, -0.2) is 168 Å². The number of para-hydroxylation sites is 4. The van der Waals surface area contributed by atoms with Crippen LogP contribution in [0.5, 0.6) is 0 Å². The standard InChI is InChI=1S/C20H21N5O2.C19H18N4O2.C18H16N4O2.C13H12ClN3O2.C8H9NO2.C6H7N.C5H4Cl2N2.C4H7.C2H7NO.CH4.BrH.K.Mg.H2O/c1-14-13-21-20(23-16-9-5-4-6-10-16)24-18(14)22-17-11-7-8-15(12-17)19(26)25(2)27-3;1-13-12-20-19(22-15-8-4-3-5-9-15)23-17(13)21-16-10-6-7-14(11-16)18(24)25-2;1-12-11-19-18(21-14-7-3-2-4-8-14)22-16(12)20-15-9-5-6-13(10-15)17(23)24;1-8-7-15-13(14)17-11(8)16-10-5-3-4-9(6-10)12(18)19-2;1-11-8(10)6-3-2-4-7(9)5-6;7-6-4-2-1-3-5-6;1-3-2-8-5(7)9-4(3)6;1-4(2)3;1-3-4-2;;;;;/h4-13H,1-3H3,(H2,21,22,23,24);3-12H,1-2H3,(H2,20,21,22,23);2-11H,1H3,(H,23,24)(H2,19,20,21,22);3-7H,1-2H3,(H,15,16,17);2-5H,9H2,1H3;1-5H,7H2;2H,1H3;1H,2-3H3;3H,1-2H3;1H4;1H;;;1H2/q;;;;;;;-1;;;;+1;+2;/p-2. The summed E-state index contributed by atoms with van der Waals surface area (Å²) in [5.41, 5.74) is 27.6. The van der Waals surface area contributed by atoms with E-state index in [0.29, 0.717) is 79.9 Å². The van der Waals surface area contributed by atoms with Crippen LogP contribution in [0.2, 0.25) is 15.7 Å². The summed E-state index contributed by atoms with van der Waals surface area (Å²) in [4.78, 5) is 108. The number of carbonyl (C=O) groups excluding carboxylic acids is 4. The normalized spacial score (nSPS) is 9.43. The van der Waals surface area contributed by atoms with E-state index in [1.165, 1.54) is 33.5 Å². The summed E-state index contributed by atoms with van der Waals surface area (Å²) < 4.78 is 13.9. The van der Waals surface area contributed by atoms with E-state index < -0.39 is 5.97 Å². The molecule has 0 unspecified atom stereocenters. The molecule has 33 nitrogen and oxygen atoms in total. The minimum absolute atomic E-state index is 0. The van der Waals surface area contributed by atoms with E-state index in [1.54, 1.807) is 155 Å². The maximum atomic E-state index is 12.2. The van der Waals surface area contributed by atoms with Gasteiger partial charge in [0.25, 0.3) is 5.91 Å². The van der Waals surface area contributed by atoms with Crippen LogP contribution in [0.25, 0.3) is 0 Å². The molecule has 0 atom stereocenters. The molecule has 14 aromatic rings. The smallest absolute Gasteiger partial charge is 1.00 e. The van der Waals surface area contributed by atoms with E-state index in [9.17, 15) is 24.0 Å². The van der Waals surface area contributed by atoms with Crippen LogP contribution in [0.15, 0.2) is 279 Å². The molecular formula is C96H106BrCl3KMgN21O12. The van der Waals surface area contributed by atoms with Gasteiger partial charge in [0, 0.05) is 130 Å². The Morgan fingerprint density at radius 3 is 0.948 bits per heavy atom. The topological polar surface area (TPSA) is 462 Å². The predicted molar refractivity (Wildman–Crippen MR) is 528 cm³/mol. The van der Waals surface area contributed by atoms with Gasteiger partial charge in [0.2, 0.25) is 28.4 Å². The van der Waals surface area contributed by atoms with Crippen molar-refractivity contribution in [2.24, 2.45) is 0 Å². The molecule has 14 N–H and O–H groups in total. The first-order valence-electron chi connectivity index (χ1n) is 39.2. The second-order valence-electron chi connectivity index (χ2n) is 27.0. The van der Waals surface area contributed by atoms with E-state index in [4.69, 9.17) is 67.5 Å². The molecule has 0 fully saturated rings. The Bertz CT molecular complexity index is 5970. The molecule has 0 aliphatic heterocycles. The summed E-state index contributed by atoms with van der Waals surface area (Å²) in [5.74, 6) is 1.65. The van der Waals surface area contributed by atoms with E-state index in [0.717, 1.165) is 73.2 Å². The number of aromatic nitrogens is 10. The molecule has 5 aromatic heterocycles. The van der Waals surface area contributed by atoms with Crippen molar-refractivity contribution in [3.05, 3.63) is 357 Å². The molecular weight excluding hydrogens is 1890 g/mol. The first-order valence-corrected chi connectivity index (χ1v) is 40.4. The fraction of sp³-hybridized carbons (Fsp3) is 0.156. The number of nitrogens with one attached hydrogen (secondary N) is 8. The quantitative estimate of drug-likeness (QED) is 0.00465. The van der Waals surface area contributed by atoms with Crippen LogP contribution in [0.1, 0.15) is 101 Å². The number of halogens is 4. The molecule has 1 amide bonds. The van der Waals surface area contributed by atoms with Gasteiger partial charge in [0.15, 0.2) is 0 Å². The molecule has 0 aliphatic rings. The summed E-state index contributed by atoms with van der Waals surface area (Å²) in [7, 11) is 10.3. The zero-order chi connectivity index (χ0) is 94.9. The van der Waals surface area contributed by atoms with E-state index in [1.807, 2.05) is 188 Å². The van der Waals surface area contributed by atoms with Gasteiger partial charge in [-0.1, -0.05) is 136 Å². The molecule has 0 aliphatic carbocycles. The first kappa shape index (κ1) is 120. The van der Waals surface area contributed by atoms with Gasteiger partial charge in [0.05, 0.1) is 57.8 Å². The van der Waals surface area contributed by atoms with Crippen LogP contribution in [0.3, 0.4) is 0 Å². The molecule has 0 saturated carbocycles. The fourth-order valence-corrected chi connectivity index (χ4v) is 10.4. The Labute approximate surface area is 870 Å². The number of hydrogen-bond acceptors (Lipinski definition) is 31. The molecule has 0 spiro atoms. The number of carbonyl (C=O) groups is 5. The molecule has 0 saturated heterocycles. The number of hydroxylamine groups is 3. The maximum absolute atomic E-state index is 12.2. The number of benzene rings is 9. The van der Waals surface area contributed by atoms with Gasteiger partial charge in [-0.25, -0.2) is 64.6 Å². The molecule has 39 heteroatoms. The van der Waals surface area contributed by atoms with Crippen LogP contribution in [0, 0.1) is 41.2 Å². The number of amides is 1. The predicted octanol–water partition coefficient (Wildman–Crippen LogP) is 14.6. The molecule has 0 bridgehead atoms. The first-order chi connectivity index (χ1) is 62.4. The zero-order valence-corrected chi connectivity index (χ0v) is 84.7. The SMILES string of the molecule is C.CNOC.COC(=O)c1cccc(N)c1.COC(=O)c1cccc(Nc2nc(Cl)ncc2C)c1.COC(=O)c1cccc(Nc2nc(Nc3ccccc3)ncc2C)c1.CON(C)C(=O)c1cccc(Nc2nc(Nc3ccccc3)ncc2C)c1.Cc1cnc(Cl)nc1Cl.Cc1cnc(Nc2ccccc2)nc1Nc1cccc(C(=O)O)c1.Nc1ccccc1.[Br-].[CH-]=C(C)C.[K+].[Mg+2].[OH-]. The van der Waals surface area contributed by atoms with Gasteiger partial charge in [-0.05, 0) is 197 Å². The number of aromatic carboxylic acids is 1. The third kappa shape index (κ3) is 45.2. The summed E-state index contributed by atoms with van der Waals surface area (Å²) in [6.07, 6.45) is 8.40. The monoisotopic (exact) mass is 1990 g/mol. The maximum Gasteiger partial charge on any atom is 2.00 e. The number of nitrogen functional groups attached to an aromatic ring is 2. The van der Waals surface area contributed by atoms with Crippen molar-refractivity contribution in [2.45, 2.75) is 55.9 Å². The molecule has 5 heterocycles. The summed E-state index contributed by atoms with van der Waals surface area (Å²) in [5, 5.41) is 33.2. The fourth-order valence-electron chi connectivity index (χ4n) is 9.98. The van der Waals surface area contributed by atoms with Crippen molar-refractivity contribution in [1.29, 1.82) is 0 Å². The Balaban J connectivity index is 0.000000797. The van der Waals surface area contributed by atoms with Crippen LogP contribution < -0.4 is 123 Å². The van der Waals surface area contributed by atoms with Crippen molar-refractivity contribution in [3.63, 3.8) is 0 Å². The number of aryl methyl sites for hydroxylation is 5. The van der Waals surface area contributed by atoms with Gasteiger partial charge in [0.1, 0.15) is 28.4 Å². The van der Waals surface area contributed by atoms with Gasteiger partial charge in [-0.15, -0.1) is 0 Å². The largest absolute Gasteiger partial charge is 2.00 e. The Hall–Kier alpha value is -12.7. The average molecular weight is 2000 g/mol. The van der Waals surface area contributed by atoms with Crippen LogP contribution >= 0.6 is 34.8 Å². The molecule has 135 heavy (non-hydrogen) atoms. The number of ether oxygens (including phenoxy) is 3. The van der Waals surface area contributed by atoms with Gasteiger partial charge in [-0.2, -0.15) is 15.0 Å². The number of carboxylic acids is 1. The van der Waals surface area contributed by atoms with Gasteiger partial charge >= 0.3 is 98.3 Å². The van der Waals surface area contributed by atoms with Gasteiger partial charge in [-0.3, -0.25) is 15.2 Å². The summed E-state index contributed by atoms with van der Waals surface area (Å²) in [6, 6.07) is 72.9. The minimum Gasteiger partial charge on any atom is -1.00 e. The van der Waals surface area contributed by atoms with Crippen molar-refractivity contribution in [2.75, 3.05) is 98.3 Å². The Kier molecular flexibility index (Phi) is 58.6. The molecule has 0 radical (unpaired) electrons. The number of hydrogen-bond donors (Lipinski definition) is 11. The van der Waals surface area contributed by atoms with Gasteiger partial charge < -0.3 is 102 Å². The van der Waals surface area contributed by atoms with E-state index >= 15 is 0 Å². The van der Waals surface area contributed by atoms with Crippen LogP contribution in [0.4, 0.5) is 92.3 Å². The van der Waals surface area contributed by atoms with Crippen molar-refractivity contribution < 1.29 is 127 Å². The van der Waals surface area contributed by atoms with Crippen molar-refractivity contribution in [1.82, 2.24) is 60.4 Å². The molecule has 698 valence electrons. The molecule has 14 rings (SSSR count). The number of rotatable bonds is 21. The third-order valence-electron chi connectivity index (χ3n) is 16.5.